The third kappa shape index (κ3) is 6.35. The largest absolute Gasteiger partial charge is 0.312 e. The maximum absolute atomic E-state index is 13.0. The van der Waals surface area contributed by atoms with Gasteiger partial charge < -0.3 is 5.32 Å². The summed E-state index contributed by atoms with van der Waals surface area (Å²) in [6.07, 6.45) is 2.97. The highest BCUT2D eigenvalue weighted by molar-refractivity contribution is 4.82. The zero-order chi connectivity index (χ0) is 13.1. The van der Waals surface area contributed by atoms with Gasteiger partial charge in [-0.05, 0) is 58.4 Å². The Labute approximate surface area is 104 Å². The minimum atomic E-state index is -2.38. The molecule has 17 heavy (non-hydrogen) atoms. The number of hydrogen-bond acceptors (Lipinski definition) is 1. The second kappa shape index (κ2) is 5.64. The molecule has 2 atom stereocenters. The molecular formula is C14H27F2N. The van der Waals surface area contributed by atoms with Crippen LogP contribution in [-0.2, 0) is 0 Å². The van der Waals surface area contributed by atoms with Crippen LogP contribution in [0.2, 0.25) is 0 Å². The van der Waals surface area contributed by atoms with E-state index in [0.29, 0.717) is 12.3 Å². The second-order valence-electron chi connectivity index (χ2n) is 6.77. The van der Waals surface area contributed by atoms with Gasteiger partial charge in [-0.2, -0.15) is 0 Å². The van der Waals surface area contributed by atoms with Gasteiger partial charge in [0.25, 0.3) is 0 Å². The summed E-state index contributed by atoms with van der Waals surface area (Å²) < 4.78 is 26.1. The molecule has 0 saturated heterocycles. The van der Waals surface area contributed by atoms with E-state index < -0.39 is 5.92 Å². The lowest BCUT2D eigenvalue weighted by molar-refractivity contribution is 0.00411. The first-order valence-corrected chi connectivity index (χ1v) is 6.81. The molecule has 0 bridgehead atoms. The quantitative estimate of drug-likeness (QED) is 0.766. The molecule has 2 unspecified atom stereocenters. The van der Waals surface area contributed by atoms with Gasteiger partial charge in [-0.25, -0.2) is 8.78 Å². The SMILES string of the molecule is CC(CCNC(C)(C)C)CC1CCC(F)(F)C1. The van der Waals surface area contributed by atoms with Crippen molar-refractivity contribution in [3.05, 3.63) is 0 Å². The summed E-state index contributed by atoms with van der Waals surface area (Å²) in [5, 5.41) is 3.45. The first-order chi connectivity index (χ1) is 7.68. The van der Waals surface area contributed by atoms with Crippen molar-refractivity contribution in [2.75, 3.05) is 6.54 Å². The Kier molecular flexibility index (Phi) is 4.94. The van der Waals surface area contributed by atoms with Crippen molar-refractivity contribution in [1.82, 2.24) is 5.32 Å². The highest BCUT2D eigenvalue weighted by Crippen LogP contribution is 2.41. The van der Waals surface area contributed by atoms with Crippen molar-refractivity contribution >= 4 is 0 Å². The van der Waals surface area contributed by atoms with E-state index >= 15 is 0 Å². The third-order valence-electron chi connectivity index (χ3n) is 3.53. The van der Waals surface area contributed by atoms with Gasteiger partial charge in [0.05, 0.1) is 0 Å². The van der Waals surface area contributed by atoms with Gasteiger partial charge in [0.15, 0.2) is 0 Å². The molecule has 1 nitrogen and oxygen atoms in total. The summed E-state index contributed by atoms with van der Waals surface area (Å²) in [7, 11) is 0. The zero-order valence-corrected chi connectivity index (χ0v) is 11.7. The average molecular weight is 247 g/mol. The van der Waals surface area contributed by atoms with Crippen LogP contribution in [0.1, 0.15) is 59.8 Å². The van der Waals surface area contributed by atoms with E-state index in [1.807, 2.05) is 0 Å². The molecule has 0 spiro atoms. The lowest BCUT2D eigenvalue weighted by atomic mass is 9.92. The van der Waals surface area contributed by atoms with Crippen molar-refractivity contribution in [2.24, 2.45) is 11.8 Å². The Morgan fingerprint density at radius 1 is 1.35 bits per heavy atom. The molecule has 1 aliphatic carbocycles. The molecular weight excluding hydrogens is 220 g/mol. The molecule has 1 N–H and O–H groups in total. The van der Waals surface area contributed by atoms with Crippen LogP contribution < -0.4 is 5.32 Å². The van der Waals surface area contributed by atoms with E-state index in [4.69, 9.17) is 0 Å². The van der Waals surface area contributed by atoms with Crippen LogP contribution in [-0.4, -0.2) is 18.0 Å². The lowest BCUT2D eigenvalue weighted by Gasteiger charge is -2.23. The number of nitrogens with one attached hydrogen (secondary N) is 1. The Morgan fingerprint density at radius 3 is 2.47 bits per heavy atom. The number of alkyl halides is 2. The fourth-order valence-electron chi connectivity index (χ4n) is 2.62. The first kappa shape index (κ1) is 14.9. The molecule has 0 aromatic carbocycles. The Hall–Kier alpha value is -0.180. The van der Waals surface area contributed by atoms with Gasteiger partial charge in [-0.15, -0.1) is 0 Å². The molecule has 0 radical (unpaired) electrons. The van der Waals surface area contributed by atoms with Crippen LogP contribution in [0.3, 0.4) is 0 Å². The summed E-state index contributed by atoms with van der Waals surface area (Å²) in [5.41, 5.74) is 0.153. The van der Waals surface area contributed by atoms with Crippen molar-refractivity contribution in [2.45, 2.75) is 71.3 Å². The van der Waals surface area contributed by atoms with E-state index in [0.717, 1.165) is 19.4 Å². The zero-order valence-electron chi connectivity index (χ0n) is 11.7. The Bertz CT molecular complexity index is 233. The predicted molar refractivity (Wildman–Crippen MR) is 68.4 cm³/mol. The van der Waals surface area contributed by atoms with Crippen molar-refractivity contribution in [3.8, 4) is 0 Å². The normalized spacial score (nSPS) is 26.1. The van der Waals surface area contributed by atoms with Crippen LogP contribution in [0.15, 0.2) is 0 Å². The molecule has 1 rings (SSSR count). The average Bonchev–Trinajstić information content (AvgIpc) is 2.42. The number of halogens is 2. The maximum Gasteiger partial charge on any atom is 0.248 e. The van der Waals surface area contributed by atoms with Gasteiger partial charge in [-0.3, -0.25) is 0 Å². The van der Waals surface area contributed by atoms with E-state index in [1.54, 1.807) is 0 Å². The van der Waals surface area contributed by atoms with Crippen molar-refractivity contribution < 1.29 is 8.78 Å². The first-order valence-electron chi connectivity index (χ1n) is 6.81. The molecule has 1 saturated carbocycles. The van der Waals surface area contributed by atoms with Crippen molar-refractivity contribution in [1.29, 1.82) is 0 Å². The van der Waals surface area contributed by atoms with Crippen LogP contribution in [0.4, 0.5) is 8.78 Å². The van der Waals surface area contributed by atoms with Gasteiger partial charge in [0.2, 0.25) is 5.92 Å². The van der Waals surface area contributed by atoms with E-state index in [2.05, 4.69) is 33.0 Å². The molecule has 102 valence electrons. The molecule has 0 aromatic heterocycles. The van der Waals surface area contributed by atoms with E-state index in [-0.39, 0.29) is 24.3 Å². The number of rotatable bonds is 5. The molecule has 3 heteroatoms. The lowest BCUT2D eigenvalue weighted by Crippen LogP contribution is -2.37. The second-order valence-corrected chi connectivity index (χ2v) is 6.77. The summed E-state index contributed by atoms with van der Waals surface area (Å²) in [4.78, 5) is 0. The van der Waals surface area contributed by atoms with Gasteiger partial charge >= 0.3 is 0 Å². The Morgan fingerprint density at radius 2 is 2.00 bits per heavy atom. The molecule has 0 aliphatic heterocycles. The van der Waals surface area contributed by atoms with Crippen LogP contribution in [0.5, 0.6) is 0 Å². The highest BCUT2D eigenvalue weighted by Gasteiger charge is 2.39. The Balaban J connectivity index is 2.16. The van der Waals surface area contributed by atoms with Crippen LogP contribution in [0.25, 0.3) is 0 Å². The smallest absolute Gasteiger partial charge is 0.248 e. The monoisotopic (exact) mass is 247 g/mol. The minimum absolute atomic E-state index is 0.102. The third-order valence-corrected chi connectivity index (χ3v) is 3.53. The minimum Gasteiger partial charge on any atom is -0.312 e. The highest BCUT2D eigenvalue weighted by atomic mass is 19.3. The van der Waals surface area contributed by atoms with Crippen LogP contribution in [0, 0.1) is 11.8 Å². The molecule has 0 heterocycles. The van der Waals surface area contributed by atoms with Gasteiger partial charge in [0.1, 0.15) is 0 Å². The summed E-state index contributed by atoms with van der Waals surface area (Å²) in [5.74, 6) is -1.59. The fourth-order valence-corrected chi connectivity index (χ4v) is 2.62. The maximum atomic E-state index is 13.0. The summed E-state index contributed by atoms with van der Waals surface area (Å²) in [6.45, 7) is 9.61. The van der Waals surface area contributed by atoms with Crippen LogP contribution >= 0.6 is 0 Å². The fraction of sp³-hybridized carbons (Fsp3) is 1.00. The summed E-state index contributed by atoms with van der Waals surface area (Å²) >= 11 is 0. The molecule has 0 amide bonds. The topological polar surface area (TPSA) is 12.0 Å². The van der Waals surface area contributed by atoms with E-state index in [1.165, 1.54) is 0 Å². The summed E-state index contributed by atoms with van der Waals surface area (Å²) in [6, 6.07) is 0. The number of hydrogen-bond donors (Lipinski definition) is 1. The van der Waals surface area contributed by atoms with Gasteiger partial charge in [-0.1, -0.05) is 6.92 Å². The molecule has 1 aliphatic rings. The molecule has 0 aromatic rings. The molecule has 1 fully saturated rings. The van der Waals surface area contributed by atoms with Crippen molar-refractivity contribution in [3.63, 3.8) is 0 Å². The van der Waals surface area contributed by atoms with E-state index in [9.17, 15) is 8.78 Å². The standard InChI is InChI=1S/C14H27F2N/c1-11(6-8-17-13(2,3)4)9-12-5-7-14(15,16)10-12/h11-12,17H,5-10H2,1-4H3. The van der Waals surface area contributed by atoms with Gasteiger partial charge in [0, 0.05) is 18.4 Å². The predicted octanol–water partition coefficient (Wildman–Crippen LogP) is 4.23.